The van der Waals surface area contributed by atoms with E-state index in [0.717, 1.165) is 44.7 Å². The molecule has 2 aliphatic heterocycles. The van der Waals surface area contributed by atoms with Gasteiger partial charge in [0.1, 0.15) is 0 Å². The van der Waals surface area contributed by atoms with Gasteiger partial charge in [-0.3, -0.25) is 14.9 Å². The Balaban J connectivity index is 1.23. The highest BCUT2D eigenvalue weighted by molar-refractivity contribution is 5.92. The molecule has 0 atom stereocenters. The number of nitrogens with one attached hydrogen (secondary N) is 1. The molecule has 2 aliphatic rings. The Bertz CT molecular complexity index is 1190. The van der Waals surface area contributed by atoms with Crippen LogP contribution in [0, 0.1) is 16.7 Å². The summed E-state index contributed by atoms with van der Waals surface area (Å²) in [6.07, 6.45) is 6.12. The molecule has 0 saturated carbocycles. The number of nitrogens with zero attached hydrogens (tertiary/aromatic N) is 6. The molecule has 5 rings (SSSR count). The van der Waals surface area contributed by atoms with Gasteiger partial charge in [-0.25, -0.2) is 15.4 Å². The molecule has 2 N–H and O–H groups in total. The number of fused-ring (bicyclic) bond motifs is 1. The van der Waals surface area contributed by atoms with Crippen molar-refractivity contribution in [3.63, 3.8) is 0 Å². The smallest absolute Gasteiger partial charge is 0.277 e. The number of carbonyl (C=O) groups is 1. The second kappa shape index (κ2) is 7.34. The fourth-order valence-electron chi connectivity index (χ4n) is 4.95. The lowest BCUT2D eigenvalue weighted by molar-refractivity contribution is 0.0119. The number of hydrogen-bond acceptors (Lipinski definition) is 7. The standard InChI is InChI=1S/C22H23N7O2/c1-27-10-17(18-3-2-15(7-23)6-19(18)27)11-28-12-22(13-28)4-5-29(14-22)21-24-8-16(9-25-21)20(30)26-31/h2-3,6,8-10,31H,4-5,11-14H2,1H3,(H,26,30). The molecule has 0 aliphatic carbocycles. The van der Waals surface area contributed by atoms with Crippen LogP contribution in [0.25, 0.3) is 10.9 Å². The molecular formula is C22H23N7O2. The number of aromatic nitrogens is 3. The maximum atomic E-state index is 11.4. The first-order valence-electron chi connectivity index (χ1n) is 10.2. The summed E-state index contributed by atoms with van der Waals surface area (Å²) in [6.45, 7) is 4.75. The number of hydrogen-bond donors (Lipinski definition) is 2. The Labute approximate surface area is 179 Å². The number of likely N-dealkylation sites (tertiary alicyclic amines) is 1. The van der Waals surface area contributed by atoms with Gasteiger partial charge in [-0.05, 0) is 24.1 Å². The van der Waals surface area contributed by atoms with Gasteiger partial charge in [0.25, 0.3) is 5.91 Å². The molecule has 31 heavy (non-hydrogen) atoms. The average Bonchev–Trinajstić information content (AvgIpc) is 3.35. The van der Waals surface area contributed by atoms with E-state index in [0.29, 0.717) is 11.5 Å². The van der Waals surface area contributed by atoms with Crippen LogP contribution in [0.1, 0.15) is 27.9 Å². The van der Waals surface area contributed by atoms with Crippen molar-refractivity contribution in [2.24, 2.45) is 12.5 Å². The lowest BCUT2D eigenvalue weighted by Gasteiger charge is -2.48. The second-order valence-electron chi connectivity index (χ2n) is 8.64. The number of carbonyl (C=O) groups excluding carboxylic acids is 1. The number of aryl methyl sites for hydroxylation is 1. The summed E-state index contributed by atoms with van der Waals surface area (Å²) in [5.41, 5.74) is 5.13. The van der Waals surface area contributed by atoms with Crippen LogP contribution in [-0.2, 0) is 13.6 Å². The predicted octanol–water partition coefficient (Wildman–Crippen LogP) is 1.67. The molecule has 3 aromatic rings. The highest BCUT2D eigenvalue weighted by Crippen LogP contribution is 2.41. The molecule has 2 saturated heterocycles. The monoisotopic (exact) mass is 417 g/mol. The number of nitriles is 1. The Morgan fingerprint density at radius 2 is 2.06 bits per heavy atom. The van der Waals surface area contributed by atoms with Crippen LogP contribution in [0.15, 0.2) is 36.8 Å². The Kier molecular flexibility index (Phi) is 4.61. The van der Waals surface area contributed by atoms with Gasteiger partial charge in [0.15, 0.2) is 0 Å². The molecule has 9 heteroatoms. The van der Waals surface area contributed by atoms with Crippen LogP contribution in [-0.4, -0.2) is 56.7 Å². The zero-order chi connectivity index (χ0) is 21.6. The number of anilines is 1. The van der Waals surface area contributed by atoms with E-state index < -0.39 is 5.91 Å². The van der Waals surface area contributed by atoms with Gasteiger partial charge in [-0.2, -0.15) is 5.26 Å². The molecule has 4 heterocycles. The van der Waals surface area contributed by atoms with Crippen molar-refractivity contribution >= 4 is 22.8 Å². The normalized spacial score (nSPS) is 17.6. The van der Waals surface area contributed by atoms with Crippen LogP contribution >= 0.6 is 0 Å². The first kappa shape index (κ1) is 19.5. The Morgan fingerprint density at radius 3 is 2.77 bits per heavy atom. The van der Waals surface area contributed by atoms with E-state index in [1.54, 1.807) is 5.48 Å². The van der Waals surface area contributed by atoms with E-state index in [2.05, 4.69) is 36.6 Å². The summed E-state index contributed by atoms with van der Waals surface area (Å²) in [6, 6.07) is 8.09. The topological polar surface area (TPSA) is 110 Å². The van der Waals surface area contributed by atoms with E-state index in [1.165, 1.54) is 23.3 Å². The lowest BCUT2D eigenvalue weighted by atomic mass is 9.79. The SMILES string of the molecule is Cn1cc(CN2CC3(CCN(c4ncc(C(=O)NO)cn4)C3)C2)c2ccc(C#N)cc21. The maximum Gasteiger partial charge on any atom is 0.277 e. The average molecular weight is 417 g/mol. The number of amides is 1. The number of benzene rings is 1. The van der Waals surface area contributed by atoms with E-state index in [1.807, 2.05) is 25.2 Å². The third kappa shape index (κ3) is 3.40. The minimum Gasteiger partial charge on any atom is -0.350 e. The molecule has 1 spiro atoms. The van der Waals surface area contributed by atoms with E-state index >= 15 is 0 Å². The molecular weight excluding hydrogens is 394 g/mol. The van der Waals surface area contributed by atoms with Gasteiger partial charge < -0.3 is 9.47 Å². The summed E-state index contributed by atoms with van der Waals surface area (Å²) >= 11 is 0. The minimum absolute atomic E-state index is 0.229. The zero-order valence-electron chi connectivity index (χ0n) is 17.2. The van der Waals surface area contributed by atoms with Crippen molar-refractivity contribution in [3.05, 3.63) is 53.5 Å². The Hall–Kier alpha value is -3.48. The maximum absolute atomic E-state index is 11.4. The van der Waals surface area contributed by atoms with Crippen LogP contribution in [0.2, 0.25) is 0 Å². The van der Waals surface area contributed by atoms with Crippen LogP contribution in [0.4, 0.5) is 5.95 Å². The van der Waals surface area contributed by atoms with Gasteiger partial charge in [0.2, 0.25) is 5.95 Å². The quantitative estimate of drug-likeness (QED) is 0.491. The van der Waals surface area contributed by atoms with Gasteiger partial charge in [-0.15, -0.1) is 0 Å². The predicted molar refractivity (Wildman–Crippen MR) is 113 cm³/mol. The van der Waals surface area contributed by atoms with Gasteiger partial charge in [0, 0.05) is 74.7 Å². The molecule has 0 unspecified atom stereocenters. The molecule has 9 nitrogen and oxygen atoms in total. The Morgan fingerprint density at radius 1 is 1.29 bits per heavy atom. The van der Waals surface area contributed by atoms with Crippen LogP contribution in [0.3, 0.4) is 0 Å². The van der Waals surface area contributed by atoms with Gasteiger partial charge in [0.05, 0.1) is 17.2 Å². The molecule has 2 aromatic heterocycles. The molecule has 1 aromatic carbocycles. The molecule has 1 amide bonds. The third-order valence-corrected chi connectivity index (χ3v) is 6.44. The largest absolute Gasteiger partial charge is 0.350 e. The van der Waals surface area contributed by atoms with Gasteiger partial charge in [-0.1, -0.05) is 6.07 Å². The van der Waals surface area contributed by atoms with Crippen molar-refractivity contribution in [1.29, 1.82) is 5.26 Å². The first-order valence-corrected chi connectivity index (χ1v) is 10.2. The number of hydroxylamine groups is 1. The van der Waals surface area contributed by atoms with Crippen molar-refractivity contribution < 1.29 is 10.0 Å². The summed E-state index contributed by atoms with van der Waals surface area (Å²) in [4.78, 5) is 24.7. The molecule has 0 radical (unpaired) electrons. The van der Waals surface area contributed by atoms with Gasteiger partial charge >= 0.3 is 0 Å². The van der Waals surface area contributed by atoms with Crippen molar-refractivity contribution in [3.8, 4) is 6.07 Å². The van der Waals surface area contributed by atoms with E-state index in [4.69, 9.17) is 10.5 Å². The van der Waals surface area contributed by atoms with Crippen molar-refractivity contribution in [2.45, 2.75) is 13.0 Å². The molecule has 2 fully saturated rings. The van der Waals surface area contributed by atoms with Crippen LogP contribution < -0.4 is 10.4 Å². The highest BCUT2D eigenvalue weighted by Gasteiger charge is 2.48. The number of rotatable bonds is 4. The summed E-state index contributed by atoms with van der Waals surface area (Å²) < 4.78 is 2.09. The van der Waals surface area contributed by atoms with Crippen molar-refractivity contribution in [2.75, 3.05) is 31.1 Å². The summed E-state index contributed by atoms with van der Waals surface area (Å²) in [5, 5.41) is 19.1. The third-order valence-electron chi connectivity index (χ3n) is 6.44. The molecule has 158 valence electrons. The van der Waals surface area contributed by atoms with E-state index in [9.17, 15) is 4.79 Å². The minimum atomic E-state index is -0.614. The first-order chi connectivity index (χ1) is 15.0. The fourth-order valence-corrected chi connectivity index (χ4v) is 4.95. The lowest BCUT2D eigenvalue weighted by Crippen LogP contribution is -2.56. The van der Waals surface area contributed by atoms with Crippen LogP contribution in [0.5, 0.6) is 0 Å². The highest BCUT2D eigenvalue weighted by atomic mass is 16.5. The summed E-state index contributed by atoms with van der Waals surface area (Å²) in [5.74, 6) is 0.00326. The van der Waals surface area contributed by atoms with E-state index in [-0.39, 0.29) is 11.0 Å². The van der Waals surface area contributed by atoms with Crippen molar-refractivity contribution in [1.82, 2.24) is 24.9 Å². The second-order valence-corrected chi connectivity index (χ2v) is 8.64. The summed E-state index contributed by atoms with van der Waals surface area (Å²) in [7, 11) is 2.02. The molecule has 0 bridgehead atoms. The zero-order valence-corrected chi connectivity index (χ0v) is 17.2. The fraction of sp³-hybridized carbons (Fsp3) is 0.364.